The van der Waals surface area contributed by atoms with Gasteiger partial charge in [0.25, 0.3) is 5.69 Å². The number of pyridine rings is 1. The third-order valence-electron chi connectivity index (χ3n) is 3.20. The van der Waals surface area contributed by atoms with Gasteiger partial charge in [-0.05, 0) is 30.7 Å². The Bertz CT molecular complexity index is 625. The first kappa shape index (κ1) is 13.0. The number of fused-ring (bicyclic) bond motifs is 1. The lowest BCUT2D eigenvalue weighted by atomic mass is 10.2. The van der Waals surface area contributed by atoms with E-state index in [0.29, 0.717) is 5.03 Å². The molecule has 0 aromatic carbocycles. The minimum atomic E-state index is -0.454. The molecule has 20 heavy (non-hydrogen) atoms. The van der Waals surface area contributed by atoms with Crippen LogP contribution in [0.4, 0.5) is 5.69 Å². The lowest BCUT2D eigenvalue weighted by molar-refractivity contribution is -0.385. The standard InChI is InChI=1S/C12H13N5O2S/c18-17(19)9-5-6-11(13-8-9)20-12-15-14-10-4-2-1-3-7-16(10)12/h5-6,8H,1-4,7H2. The zero-order valence-electron chi connectivity index (χ0n) is 10.7. The number of hydrogen-bond acceptors (Lipinski definition) is 6. The van der Waals surface area contributed by atoms with Crippen LogP contribution in [0.25, 0.3) is 0 Å². The van der Waals surface area contributed by atoms with Crippen molar-refractivity contribution in [1.82, 2.24) is 19.7 Å². The third kappa shape index (κ3) is 2.64. The van der Waals surface area contributed by atoms with E-state index in [0.717, 1.165) is 36.8 Å². The van der Waals surface area contributed by atoms with E-state index in [1.54, 1.807) is 6.07 Å². The van der Waals surface area contributed by atoms with Gasteiger partial charge in [-0.3, -0.25) is 10.1 Å². The van der Waals surface area contributed by atoms with Crippen LogP contribution in [-0.4, -0.2) is 24.7 Å². The lowest BCUT2D eigenvalue weighted by Crippen LogP contribution is -2.02. The van der Waals surface area contributed by atoms with Gasteiger partial charge in [-0.15, -0.1) is 10.2 Å². The van der Waals surface area contributed by atoms with E-state index < -0.39 is 4.92 Å². The summed E-state index contributed by atoms with van der Waals surface area (Å²) in [5, 5.41) is 20.5. The van der Waals surface area contributed by atoms with Gasteiger partial charge in [-0.2, -0.15) is 0 Å². The highest BCUT2D eigenvalue weighted by molar-refractivity contribution is 7.99. The van der Waals surface area contributed by atoms with E-state index in [9.17, 15) is 10.1 Å². The molecule has 0 amide bonds. The van der Waals surface area contributed by atoms with Gasteiger partial charge in [-0.25, -0.2) is 4.98 Å². The van der Waals surface area contributed by atoms with Crippen molar-refractivity contribution in [3.05, 3.63) is 34.3 Å². The Morgan fingerprint density at radius 3 is 2.90 bits per heavy atom. The van der Waals surface area contributed by atoms with Crippen LogP contribution in [-0.2, 0) is 13.0 Å². The fourth-order valence-corrected chi connectivity index (χ4v) is 2.99. The summed E-state index contributed by atoms with van der Waals surface area (Å²) in [5.74, 6) is 1.02. The van der Waals surface area contributed by atoms with Crippen molar-refractivity contribution >= 4 is 17.4 Å². The fourth-order valence-electron chi connectivity index (χ4n) is 2.17. The second-order valence-corrected chi connectivity index (χ2v) is 5.56. The summed E-state index contributed by atoms with van der Waals surface area (Å²) in [5.41, 5.74) is -0.00516. The van der Waals surface area contributed by atoms with Crippen LogP contribution in [0.3, 0.4) is 0 Å². The van der Waals surface area contributed by atoms with Gasteiger partial charge in [0.1, 0.15) is 17.0 Å². The van der Waals surface area contributed by atoms with Crippen LogP contribution in [0, 0.1) is 10.1 Å². The molecule has 0 aliphatic carbocycles. The average Bonchev–Trinajstić information content (AvgIpc) is 2.69. The highest BCUT2D eigenvalue weighted by Crippen LogP contribution is 2.27. The van der Waals surface area contributed by atoms with E-state index in [1.165, 1.54) is 30.4 Å². The molecule has 0 spiro atoms. The van der Waals surface area contributed by atoms with Gasteiger partial charge >= 0.3 is 0 Å². The largest absolute Gasteiger partial charge is 0.306 e. The molecule has 0 radical (unpaired) electrons. The molecule has 0 N–H and O–H groups in total. The average molecular weight is 291 g/mol. The Balaban J connectivity index is 1.81. The quantitative estimate of drug-likeness (QED) is 0.637. The van der Waals surface area contributed by atoms with Crippen molar-refractivity contribution < 1.29 is 4.92 Å². The van der Waals surface area contributed by atoms with Gasteiger partial charge in [-0.1, -0.05) is 6.42 Å². The van der Waals surface area contributed by atoms with Crippen LogP contribution < -0.4 is 0 Å². The molecule has 0 saturated heterocycles. The van der Waals surface area contributed by atoms with Crippen LogP contribution in [0.2, 0.25) is 0 Å². The van der Waals surface area contributed by atoms with Crippen molar-refractivity contribution in [2.75, 3.05) is 0 Å². The lowest BCUT2D eigenvalue weighted by Gasteiger charge is -2.05. The predicted molar refractivity (Wildman–Crippen MR) is 72.6 cm³/mol. The maximum Gasteiger partial charge on any atom is 0.287 e. The zero-order valence-corrected chi connectivity index (χ0v) is 11.5. The topological polar surface area (TPSA) is 86.7 Å². The Morgan fingerprint density at radius 2 is 2.15 bits per heavy atom. The number of aromatic nitrogens is 4. The smallest absolute Gasteiger partial charge is 0.287 e. The first-order chi connectivity index (χ1) is 9.74. The molecule has 7 nitrogen and oxygen atoms in total. The summed E-state index contributed by atoms with van der Waals surface area (Å²) in [6.45, 7) is 0.928. The predicted octanol–water partition coefficient (Wildman–Crippen LogP) is 2.46. The van der Waals surface area contributed by atoms with Crippen LogP contribution in [0.15, 0.2) is 28.5 Å². The van der Waals surface area contributed by atoms with Crippen LogP contribution >= 0.6 is 11.8 Å². The summed E-state index contributed by atoms with van der Waals surface area (Å²) < 4.78 is 2.13. The van der Waals surface area contributed by atoms with E-state index >= 15 is 0 Å². The Hall–Kier alpha value is -1.96. The van der Waals surface area contributed by atoms with Gasteiger partial charge in [0.15, 0.2) is 5.16 Å². The normalized spacial score (nSPS) is 14.6. The first-order valence-electron chi connectivity index (χ1n) is 6.44. The third-order valence-corrected chi connectivity index (χ3v) is 4.14. The monoisotopic (exact) mass is 291 g/mol. The van der Waals surface area contributed by atoms with Gasteiger partial charge in [0.05, 0.1) is 4.92 Å². The Labute approximate surface area is 119 Å². The van der Waals surface area contributed by atoms with Gasteiger partial charge < -0.3 is 4.57 Å². The Morgan fingerprint density at radius 1 is 1.25 bits per heavy atom. The van der Waals surface area contributed by atoms with Crippen LogP contribution in [0.1, 0.15) is 25.1 Å². The SMILES string of the molecule is O=[N+]([O-])c1ccc(Sc2nnc3n2CCCCC3)nc1. The summed E-state index contributed by atoms with van der Waals surface area (Å²) >= 11 is 1.39. The van der Waals surface area contributed by atoms with Crippen molar-refractivity contribution in [2.45, 2.75) is 42.4 Å². The number of nitrogens with zero attached hydrogens (tertiary/aromatic N) is 5. The van der Waals surface area contributed by atoms with E-state index in [-0.39, 0.29) is 5.69 Å². The maximum atomic E-state index is 10.6. The molecule has 3 rings (SSSR count). The minimum Gasteiger partial charge on any atom is -0.306 e. The molecular formula is C12H13N5O2S. The fraction of sp³-hybridized carbons (Fsp3) is 0.417. The summed E-state index contributed by atoms with van der Waals surface area (Å²) in [7, 11) is 0. The first-order valence-corrected chi connectivity index (χ1v) is 7.26. The Kier molecular flexibility index (Phi) is 3.64. The van der Waals surface area contributed by atoms with E-state index in [2.05, 4.69) is 19.7 Å². The molecule has 104 valence electrons. The zero-order chi connectivity index (χ0) is 13.9. The second-order valence-electron chi connectivity index (χ2n) is 4.57. The van der Waals surface area contributed by atoms with E-state index in [4.69, 9.17) is 0 Å². The molecule has 8 heteroatoms. The molecule has 3 heterocycles. The molecule has 0 bridgehead atoms. The van der Waals surface area contributed by atoms with Crippen LogP contribution in [0.5, 0.6) is 0 Å². The maximum absolute atomic E-state index is 10.6. The number of hydrogen-bond donors (Lipinski definition) is 0. The summed E-state index contributed by atoms with van der Waals surface area (Å²) in [6, 6.07) is 3.09. The number of rotatable bonds is 3. The second kappa shape index (κ2) is 5.58. The highest BCUT2D eigenvalue weighted by Gasteiger charge is 2.16. The molecule has 1 aliphatic heterocycles. The van der Waals surface area contributed by atoms with Crippen molar-refractivity contribution in [3.63, 3.8) is 0 Å². The molecule has 2 aromatic rings. The minimum absolute atomic E-state index is 0.00516. The molecule has 0 unspecified atom stereocenters. The van der Waals surface area contributed by atoms with Gasteiger partial charge in [0.2, 0.25) is 0 Å². The molecule has 0 atom stereocenters. The van der Waals surface area contributed by atoms with Crippen molar-refractivity contribution in [3.8, 4) is 0 Å². The highest BCUT2D eigenvalue weighted by atomic mass is 32.2. The molecule has 2 aromatic heterocycles. The molecule has 0 saturated carbocycles. The summed E-state index contributed by atoms with van der Waals surface area (Å²) in [4.78, 5) is 14.2. The molecule has 1 aliphatic rings. The van der Waals surface area contributed by atoms with Crippen molar-refractivity contribution in [2.24, 2.45) is 0 Å². The van der Waals surface area contributed by atoms with Gasteiger partial charge in [0, 0.05) is 19.0 Å². The summed E-state index contributed by atoms with van der Waals surface area (Å²) in [6.07, 6.45) is 5.72. The van der Waals surface area contributed by atoms with Crippen molar-refractivity contribution in [1.29, 1.82) is 0 Å². The molecule has 0 fully saturated rings. The van der Waals surface area contributed by atoms with E-state index in [1.807, 2.05) is 0 Å². The molecular weight excluding hydrogens is 278 g/mol. The number of nitro groups is 1. The number of aryl methyl sites for hydroxylation is 1.